The molecule has 1 aromatic rings. The Labute approximate surface area is 548 Å². The van der Waals surface area contributed by atoms with E-state index in [2.05, 4.69) is 88.8 Å². The summed E-state index contributed by atoms with van der Waals surface area (Å²) in [6, 6.07) is 3.68. The van der Waals surface area contributed by atoms with Gasteiger partial charge in [-0.25, -0.2) is 0 Å². The molecule has 2 heterocycles. The highest BCUT2D eigenvalue weighted by Gasteiger charge is 2.43. The number of nitrogens with zero attached hydrogens (tertiary/aromatic N) is 3. The first kappa shape index (κ1) is 80.9. The molecule has 2 saturated heterocycles. The average Bonchev–Trinajstić information content (AvgIpc) is 0.981. The Morgan fingerprint density at radius 1 is 0.462 bits per heavy atom. The Morgan fingerprint density at radius 2 is 0.871 bits per heavy atom. The van der Waals surface area contributed by atoms with Crippen LogP contribution in [0.1, 0.15) is 172 Å². The number of hydrogen-bond acceptors (Lipinski definition) is 19. The normalized spacial score (nSPS) is 20.9. The lowest BCUT2D eigenvalue weighted by atomic mass is 9.81. The van der Waals surface area contributed by atoms with Crippen LogP contribution in [-0.4, -0.2) is 202 Å². The van der Waals surface area contributed by atoms with Crippen molar-refractivity contribution < 1.29 is 85.8 Å². The van der Waals surface area contributed by atoms with Crippen molar-refractivity contribution in [1.29, 1.82) is 0 Å². The van der Waals surface area contributed by atoms with Crippen molar-refractivity contribution in [3.8, 4) is 5.75 Å². The number of ketones is 2. The lowest BCUT2D eigenvalue weighted by Crippen LogP contribution is -2.57. The number of unbranched alkanes of at least 4 members (excludes halogenated alkanes) is 2. The van der Waals surface area contributed by atoms with E-state index < -0.39 is 24.4 Å². The van der Waals surface area contributed by atoms with Crippen molar-refractivity contribution in [2.75, 3.05) is 112 Å². The number of rotatable bonds is 51. The van der Waals surface area contributed by atoms with E-state index in [1.54, 1.807) is 0 Å². The Morgan fingerprint density at radius 3 is 1.30 bits per heavy atom. The van der Waals surface area contributed by atoms with Gasteiger partial charge in [-0.2, -0.15) is 0 Å². The van der Waals surface area contributed by atoms with Crippen molar-refractivity contribution in [3.05, 3.63) is 39.8 Å². The van der Waals surface area contributed by atoms with Gasteiger partial charge in [-0.05, 0) is 98.8 Å². The highest BCUT2D eigenvalue weighted by atomic mass is 16.7. The van der Waals surface area contributed by atoms with E-state index in [4.69, 9.17) is 48.2 Å². The number of carbonyl (C=O) groups is 9. The van der Waals surface area contributed by atoms with E-state index in [0.717, 1.165) is 12.8 Å². The summed E-state index contributed by atoms with van der Waals surface area (Å²) in [6.45, 7) is 19.6. The highest BCUT2D eigenvalue weighted by molar-refractivity contribution is 6.00. The Kier molecular flexibility index (Phi) is 42.1. The van der Waals surface area contributed by atoms with Crippen molar-refractivity contribution in [3.63, 3.8) is 0 Å². The fraction of sp³-hybridized carbons (Fsp3) is 0.769. The summed E-state index contributed by atoms with van der Waals surface area (Å²) < 4.78 is 52.0. The summed E-state index contributed by atoms with van der Waals surface area (Å²) in [6.07, 6.45) is 5.24. The quantitative estimate of drug-likeness (QED) is 0.0188. The monoisotopic (exact) mass is 1320 g/mol. The number of azide groups is 1. The maximum Gasteiger partial charge on any atom is 0.251 e. The first-order chi connectivity index (χ1) is 44.8. The maximum atomic E-state index is 13.5. The van der Waals surface area contributed by atoms with E-state index in [-0.39, 0.29) is 197 Å². The molecule has 0 saturated carbocycles. The summed E-state index contributed by atoms with van der Waals surface area (Å²) in [4.78, 5) is 117. The molecule has 93 heavy (non-hydrogen) atoms. The zero-order valence-electron chi connectivity index (χ0n) is 56.3. The molecule has 0 aromatic heterocycles. The van der Waals surface area contributed by atoms with Gasteiger partial charge in [0, 0.05) is 121 Å². The topological polar surface area (TPSA) is 370 Å². The lowest BCUT2D eigenvalue weighted by molar-refractivity contribution is -0.236. The van der Waals surface area contributed by atoms with Gasteiger partial charge >= 0.3 is 0 Å². The van der Waals surface area contributed by atoms with E-state index in [1.165, 1.54) is 32.0 Å². The third-order valence-corrected chi connectivity index (χ3v) is 16.3. The third kappa shape index (κ3) is 34.6. The summed E-state index contributed by atoms with van der Waals surface area (Å²) >= 11 is 0. The predicted octanol–water partition coefficient (Wildman–Crippen LogP) is 5.32. The first-order valence-corrected chi connectivity index (χ1v) is 33.4. The van der Waals surface area contributed by atoms with Crippen LogP contribution in [0.15, 0.2) is 23.3 Å². The molecule has 3 rings (SSSR count). The van der Waals surface area contributed by atoms with Gasteiger partial charge in [0.1, 0.15) is 23.9 Å². The average molecular weight is 1320 g/mol. The Bertz CT molecular complexity index is 2340. The largest absolute Gasteiger partial charge is 0.492 e. The second-order valence-electron chi connectivity index (χ2n) is 23.5. The molecular weight excluding hydrogens is 1210 g/mol. The maximum absolute atomic E-state index is 13.5. The molecule has 10 unspecified atom stereocenters. The van der Waals surface area contributed by atoms with E-state index in [0.29, 0.717) is 104 Å². The zero-order chi connectivity index (χ0) is 68.2. The summed E-state index contributed by atoms with van der Waals surface area (Å²) in [5.41, 5.74) is 8.37. The second-order valence-corrected chi connectivity index (χ2v) is 23.5. The smallest absolute Gasteiger partial charge is 0.251 e. The van der Waals surface area contributed by atoms with Gasteiger partial charge in [0.25, 0.3) is 11.8 Å². The van der Waals surface area contributed by atoms with Crippen LogP contribution >= 0.6 is 0 Å². The minimum absolute atomic E-state index is 0.0216. The van der Waals surface area contributed by atoms with E-state index >= 15 is 0 Å². The van der Waals surface area contributed by atoms with Gasteiger partial charge in [-0.15, -0.1) is 0 Å². The second kappa shape index (κ2) is 48.4. The number of carbonyl (C=O) groups excluding carboxylic acids is 9. The van der Waals surface area contributed by atoms with Crippen LogP contribution in [0.3, 0.4) is 0 Å². The van der Waals surface area contributed by atoms with Gasteiger partial charge < -0.3 is 79.8 Å². The van der Waals surface area contributed by atoms with Crippen LogP contribution in [-0.2, 0) is 71.5 Å². The minimum atomic E-state index is -0.593. The zero-order valence-corrected chi connectivity index (χ0v) is 56.3. The number of hydrogen-bond donors (Lipinski definition) is 7. The summed E-state index contributed by atoms with van der Waals surface area (Å²) in [7, 11) is 0. The molecule has 2 aliphatic heterocycles. The lowest BCUT2D eigenvalue weighted by Gasteiger charge is -2.44. The summed E-state index contributed by atoms with van der Waals surface area (Å²) in [5, 5.41) is 23.0. The van der Waals surface area contributed by atoms with Crippen molar-refractivity contribution >= 4 is 52.9 Å². The first-order valence-electron chi connectivity index (χ1n) is 33.4. The predicted molar refractivity (Wildman–Crippen MR) is 345 cm³/mol. The molecule has 526 valence electrons. The molecule has 0 spiro atoms. The van der Waals surface area contributed by atoms with Gasteiger partial charge in [0.2, 0.25) is 29.5 Å². The Balaban J connectivity index is 1.40. The van der Waals surface area contributed by atoms with Gasteiger partial charge in [-0.1, -0.05) is 46.7 Å². The Hall–Kier alpha value is -6.36. The molecule has 7 amide bonds. The number of Topliss-reactive ketones (excluding diaryl/α,β-unsaturated/α-hetero) is 2. The van der Waals surface area contributed by atoms with Crippen LogP contribution in [0.5, 0.6) is 5.75 Å². The van der Waals surface area contributed by atoms with Crippen LogP contribution in [0.25, 0.3) is 10.4 Å². The molecular formula is C65H108N10O18. The van der Waals surface area contributed by atoms with Crippen molar-refractivity contribution in [1.82, 2.24) is 37.2 Å². The van der Waals surface area contributed by atoms with Crippen LogP contribution in [0.4, 0.5) is 0 Å². The van der Waals surface area contributed by atoms with E-state index in [1.807, 2.05) is 0 Å². The minimum Gasteiger partial charge on any atom is -0.492 e. The molecule has 2 fully saturated rings. The van der Waals surface area contributed by atoms with Crippen LogP contribution < -0.4 is 42.0 Å². The van der Waals surface area contributed by atoms with Crippen molar-refractivity contribution in [2.24, 2.45) is 28.8 Å². The van der Waals surface area contributed by atoms with Crippen molar-refractivity contribution in [2.45, 2.75) is 189 Å². The fourth-order valence-electron chi connectivity index (χ4n) is 10.6. The molecule has 2 aliphatic rings. The molecule has 0 bridgehead atoms. The highest BCUT2D eigenvalue weighted by Crippen LogP contribution is 2.34. The molecule has 7 N–H and O–H groups in total. The third-order valence-electron chi connectivity index (χ3n) is 16.3. The molecule has 1 aromatic carbocycles. The summed E-state index contributed by atoms with van der Waals surface area (Å²) in [5.74, 6) is -1.32. The molecule has 28 nitrogen and oxygen atoms in total. The van der Waals surface area contributed by atoms with Gasteiger partial charge in [-0.3, -0.25) is 43.2 Å². The number of amides is 7. The molecule has 0 radical (unpaired) electrons. The van der Waals surface area contributed by atoms with Gasteiger partial charge in [0.15, 0.2) is 12.6 Å². The standard InChI is InChI=1S/C65H108N10O18/c1-9-55-44(3)46(5)60(73-48(7)76)64(92-55)90-30-13-11-17-52(78)19-15-24-67-57(80)21-26-70-62(83)50-41-51(43-54(42-50)89-34-28-69-59(82)23-32-85-35-37-87-39-40-88-38-36-86-33-29-72-75-66)63(84)71-27-22-58(81)68-25-16-20-53(79)18-12-14-31-91-65-61(74-49(8)77)47(6)45(4)56(10-2)93-65/h41-47,55-56,60-61,64-65H,9-40H2,1-8H3,(H,67,80)(H,68,81)(H,69,82)(H,70,83)(H,71,84)(H,73,76)(H,74,77). The van der Waals surface area contributed by atoms with Crippen LogP contribution in [0.2, 0.25) is 0 Å². The number of nitrogens with one attached hydrogen (secondary N) is 7. The molecule has 0 aliphatic carbocycles. The van der Waals surface area contributed by atoms with Gasteiger partial charge in [0.05, 0.1) is 83.7 Å². The number of benzene rings is 1. The van der Waals surface area contributed by atoms with E-state index in [9.17, 15) is 43.2 Å². The number of ether oxygens (including phenoxy) is 9. The van der Waals surface area contributed by atoms with Crippen LogP contribution in [0, 0.1) is 23.7 Å². The SMILES string of the molecule is CCC1OC(OCCCCC(=O)CCCNC(=O)CCNC(=O)c2cc(OCCNC(=O)CCOCCOCCOCCOCCN=[N+]=[N-])cc(C(=O)NCCC(=O)NCCCC(=O)CCCCOC3OC(CC)C(C)C(C)C3NC(C)=O)c2)C(NC(C)=O)C(C)C1C. The molecule has 10 atom stereocenters. The fourth-order valence-corrected chi connectivity index (χ4v) is 10.6. The molecule has 28 heteroatoms.